The normalized spacial score (nSPS) is 8.89. The van der Waals surface area contributed by atoms with E-state index in [-0.39, 0.29) is 11.6 Å². The number of amides is 1. The standard InChI is InChI=1S/C13H13N5O/c1-8-4-5-12(18-17-11(6-14)7-15)9(2)13(8)16-10(3)19/h4-5,18H,1-3H3,(H,16,19). The second-order valence-electron chi connectivity index (χ2n) is 3.91. The Labute approximate surface area is 111 Å². The molecule has 0 aliphatic rings. The van der Waals surface area contributed by atoms with Crippen molar-refractivity contribution in [1.82, 2.24) is 0 Å². The van der Waals surface area contributed by atoms with Crippen LogP contribution in [0.1, 0.15) is 18.1 Å². The Balaban J connectivity index is 3.12. The van der Waals surface area contributed by atoms with Gasteiger partial charge in [0.25, 0.3) is 0 Å². The van der Waals surface area contributed by atoms with E-state index in [4.69, 9.17) is 10.5 Å². The number of nitriles is 2. The van der Waals surface area contributed by atoms with Crippen molar-refractivity contribution in [3.8, 4) is 12.1 Å². The Morgan fingerprint density at radius 3 is 2.42 bits per heavy atom. The lowest BCUT2D eigenvalue weighted by molar-refractivity contribution is -0.114. The SMILES string of the molecule is CC(=O)Nc1c(C)ccc(NN=C(C#N)C#N)c1C. The molecule has 0 aliphatic carbocycles. The average Bonchev–Trinajstić information content (AvgIpc) is 2.37. The van der Waals surface area contributed by atoms with Gasteiger partial charge in [0.05, 0.1) is 5.69 Å². The van der Waals surface area contributed by atoms with Crippen LogP contribution in [0.25, 0.3) is 0 Å². The van der Waals surface area contributed by atoms with Gasteiger partial charge >= 0.3 is 0 Å². The van der Waals surface area contributed by atoms with Gasteiger partial charge in [0.2, 0.25) is 11.6 Å². The van der Waals surface area contributed by atoms with Gasteiger partial charge in [0, 0.05) is 12.6 Å². The molecule has 0 fully saturated rings. The zero-order valence-corrected chi connectivity index (χ0v) is 10.9. The van der Waals surface area contributed by atoms with Crippen LogP contribution in [0.15, 0.2) is 17.2 Å². The van der Waals surface area contributed by atoms with E-state index in [2.05, 4.69) is 15.8 Å². The molecule has 2 N–H and O–H groups in total. The van der Waals surface area contributed by atoms with Crippen molar-refractivity contribution in [3.05, 3.63) is 23.3 Å². The molecule has 1 amide bonds. The highest BCUT2D eigenvalue weighted by Crippen LogP contribution is 2.27. The molecule has 1 rings (SSSR count). The summed E-state index contributed by atoms with van der Waals surface area (Å²) in [6.45, 7) is 5.12. The Morgan fingerprint density at radius 1 is 1.26 bits per heavy atom. The maximum atomic E-state index is 11.1. The minimum absolute atomic E-state index is 0.165. The predicted molar refractivity (Wildman–Crippen MR) is 72.5 cm³/mol. The summed E-state index contributed by atoms with van der Waals surface area (Å²) in [6.07, 6.45) is 0. The number of anilines is 2. The molecule has 0 atom stereocenters. The van der Waals surface area contributed by atoms with Crippen LogP contribution in [0.4, 0.5) is 11.4 Å². The number of aryl methyl sites for hydroxylation is 1. The van der Waals surface area contributed by atoms with Gasteiger partial charge in [-0.05, 0) is 31.0 Å². The van der Waals surface area contributed by atoms with Crippen LogP contribution in [0, 0.1) is 36.5 Å². The fraction of sp³-hybridized carbons (Fsp3) is 0.231. The van der Waals surface area contributed by atoms with Crippen LogP contribution < -0.4 is 10.7 Å². The lowest BCUT2D eigenvalue weighted by atomic mass is 10.1. The molecule has 1 aromatic carbocycles. The van der Waals surface area contributed by atoms with Crippen molar-refractivity contribution in [3.63, 3.8) is 0 Å². The first-order valence-electron chi connectivity index (χ1n) is 5.51. The summed E-state index contributed by atoms with van der Waals surface area (Å²) < 4.78 is 0. The number of carbonyl (C=O) groups excluding carboxylic acids is 1. The van der Waals surface area contributed by atoms with Gasteiger partial charge < -0.3 is 5.32 Å². The summed E-state index contributed by atoms with van der Waals surface area (Å²) in [5.74, 6) is -0.165. The highest BCUT2D eigenvalue weighted by atomic mass is 16.1. The van der Waals surface area contributed by atoms with E-state index in [9.17, 15) is 4.79 Å². The predicted octanol–water partition coefficient (Wildman–Crippen LogP) is 2.08. The van der Waals surface area contributed by atoms with E-state index in [1.54, 1.807) is 18.2 Å². The number of nitrogens with zero attached hydrogens (tertiary/aromatic N) is 3. The molecule has 6 nitrogen and oxygen atoms in total. The number of rotatable bonds is 3. The third kappa shape index (κ3) is 3.55. The van der Waals surface area contributed by atoms with Crippen LogP contribution in [-0.2, 0) is 4.79 Å². The molecule has 0 aliphatic heterocycles. The molecule has 0 unspecified atom stereocenters. The summed E-state index contributed by atoms with van der Waals surface area (Å²) in [7, 11) is 0. The highest BCUT2D eigenvalue weighted by Gasteiger charge is 2.08. The summed E-state index contributed by atoms with van der Waals surface area (Å²) in [4.78, 5) is 11.1. The number of hydrogen-bond donors (Lipinski definition) is 2. The van der Waals surface area contributed by atoms with E-state index < -0.39 is 0 Å². The third-order valence-corrected chi connectivity index (χ3v) is 2.47. The fourth-order valence-corrected chi connectivity index (χ4v) is 1.53. The van der Waals surface area contributed by atoms with E-state index in [1.807, 2.05) is 19.9 Å². The van der Waals surface area contributed by atoms with Crippen molar-refractivity contribution in [2.45, 2.75) is 20.8 Å². The van der Waals surface area contributed by atoms with Gasteiger partial charge in [-0.1, -0.05) is 6.07 Å². The summed E-state index contributed by atoms with van der Waals surface area (Å²) >= 11 is 0. The quantitative estimate of drug-likeness (QED) is 0.637. The molecular formula is C13H13N5O. The summed E-state index contributed by atoms with van der Waals surface area (Å²) in [6, 6.07) is 6.90. The summed E-state index contributed by atoms with van der Waals surface area (Å²) in [5, 5.41) is 23.6. The Hall–Kier alpha value is -2.86. The first-order valence-corrected chi connectivity index (χ1v) is 5.51. The first kappa shape index (κ1) is 14.2. The van der Waals surface area contributed by atoms with E-state index in [0.717, 1.165) is 11.1 Å². The molecule has 6 heteroatoms. The molecular weight excluding hydrogens is 242 g/mol. The van der Waals surface area contributed by atoms with Crippen molar-refractivity contribution in [1.29, 1.82) is 10.5 Å². The molecule has 0 heterocycles. The second-order valence-corrected chi connectivity index (χ2v) is 3.91. The smallest absolute Gasteiger partial charge is 0.237 e. The van der Waals surface area contributed by atoms with Crippen LogP contribution in [-0.4, -0.2) is 11.6 Å². The second kappa shape index (κ2) is 6.18. The molecule has 1 aromatic rings. The molecule has 0 saturated heterocycles. The maximum Gasteiger partial charge on any atom is 0.237 e. The average molecular weight is 255 g/mol. The van der Waals surface area contributed by atoms with Gasteiger partial charge in [0.1, 0.15) is 12.1 Å². The Bertz CT molecular complexity index is 603. The van der Waals surface area contributed by atoms with Crippen molar-refractivity contribution in [2.24, 2.45) is 5.10 Å². The highest BCUT2D eigenvalue weighted by molar-refractivity contribution is 6.10. The molecule has 0 spiro atoms. The van der Waals surface area contributed by atoms with Crippen LogP contribution in [0.5, 0.6) is 0 Å². The topological polar surface area (TPSA) is 101 Å². The van der Waals surface area contributed by atoms with Gasteiger partial charge in [-0.15, -0.1) is 0 Å². The van der Waals surface area contributed by atoms with Crippen LogP contribution >= 0.6 is 0 Å². The molecule has 0 aromatic heterocycles. The monoisotopic (exact) mass is 255 g/mol. The van der Waals surface area contributed by atoms with Gasteiger partial charge in [-0.2, -0.15) is 15.6 Å². The minimum Gasteiger partial charge on any atom is -0.326 e. The van der Waals surface area contributed by atoms with Gasteiger partial charge in [-0.25, -0.2) is 0 Å². The van der Waals surface area contributed by atoms with E-state index >= 15 is 0 Å². The zero-order chi connectivity index (χ0) is 14.4. The van der Waals surface area contributed by atoms with E-state index in [1.165, 1.54) is 6.92 Å². The molecule has 0 radical (unpaired) electrons. The molecule has 0 bridgehead atoms. The zero-order valence-electron chi connectivity index (χ0n) is 10.9. The number of carbonyl (C=O) groups is 1. The number of hydrogen-bond acceptors (Lipinski definition) is 5. The lowest BCUT2D eigenvalue weighted by Gasteiger charge is -2.13. The third-order valence-electron chi connectivity index (χ3n) is 2.47. The molecule has 0 saturated carbocycles. The molecule has 96 valence electrons. The van der Waals surface area contributed by atoms with Crippen LogP contribution in [0.2, 0.25) is 0 Å². The Kier molecular flexibility index (Phi) is 4.62. The number of benzene rings is 1. The molecule has 19 heavy (non-hydrogen) atoms. The Morgan fingerprint density at radius 2 is 1.89 bits per heavy atom. The number of hydrazone groups is 1. The van der Waals surface area contributed by atoms with E-state index in [0.29, 0.717) is 11.4 Å². The maximum absolute atomic E-state index is 11.1. The minimum atomic E-state index is -0.263. The van der Waals surface area contributed by atoms with Gasteiger partial charge in [0.15, 0.2) is 0 Å². The van der Waals surface area contributed by atoms with Crippen molar-refractivity contribution >= 4 is 23.0 Å². The first-order chi connectivity index (χ1) is 8.99. The fourth-order valence-electron chi connectivity index (χ4n) is 1.53. The van der Waals surface area contributed by atoms with Crippen molar-refractivity contribution in [2.75, 3.05) is 10.7 Å². The lowest BCUT2D eigenvalue weighted by Crippen LogP contribution is -2.10. The number of nitrogens with one attached hydrogen (secondary N) is 2. The van der Waals surface area contributed by atoms with Crippen LogP contribution in [0.3, 0.4) is 0 Å². The van der Waals surface area contributed by atoms with Gasteiger partial charge in [-0.3, -0.25) is 10.2 Å². The van der Waals surface area contributed by atoms with Crippen molar-refractivity contribution < 1.29 is 4.79 Å². The largest absolute Gasteiger partial charge is 0.326 e. The summed E-state index contributed by atoms with van der Waals surface area (Å²) in [5.41, 5.74) is 5.41.